The Bertz CT molecular complexity index is 398. The van der Waals surface area contributed by atoms with E-state index >= 15 is 0 Å². The van der Waals surface area contributed by atoms with Crippen LogP contribution in [0.5, 0.6) is 0 Å². The quantitative estimate of drug-likeness (QED) is 0.678. The van der Waals surface area contributed by atoms with Gasteiger partial charge in [0.25, 0.3) is 0 Å². The lowest BCUT2D eigenvalue weighted by molar-refractivity contribution is -0.136. The van der Waals surface area contributed by atoms with Gasteiger partial charge in [-0.1, -0.05) is 22.6 Å². The number of pyridine rings is 1. The second-order valence-electron chi connectivity index (χ2n) is 2.61. The summed E-state index contributed by atoms with van der Waals surface area (Å²) < 4.78 is 0.704. The van der Waals surface area contributed by atoms with Crippen molar-refractivity contribution in [1.29, 1.82) is 5.26 Å². The maximum absolute atomic E-state index is 10.5. The minimum atomic E-state index is -0.973. The van der Waals surface area contributed by atoms with Crippen molar-refractivity contribution >= 4 is 28.6 Å². The standard InChI is InChI=1S/C9H7IN2O2/c10-4-7-2-1-6(5-11)8(12-7)3-9(13)14/h1-2H,3-4H2,(H,13,14). The lowest BCUT2D eigenvalue weighted by Crippen LogP contribution is -2.06. The first kappa shape index (κ1) is 10.9. The monoisotopic (exact) mass is 302 g/mol. The predicted octanol–water partition coefficient (Wildman–Crippen LogP) is 1.52. The lowest BCUT2D eigenvalue weighted by atomic mass is 10.1. The van der Waals surface area contributed by atoms with Gasteiger partial charge in [0.05, 0.1) is 23.4 Å². The highest BCUT2D eigenvalue weighted by molar-refractivity contribution is 14.1. The number of hydrogen-bond acceptors (Lipinski definition) is 3. The molecule has 1 aromatic heterocycles. The van der Waals surface area contributed by atoms with Gasteiger partial charge in [0.15, 0.2) is 0 Å². The van der Waals surface area contributed by atoms with Gasteiger partial charge >= 0.3 is 5.97 Å². The van der Waals surface area contributed by atoms with E-state index in [9.17, 15) is 4.79 Å². The fraction of sp³-hybridized carbons (Fsp3) is 0.222. The molecule has 0 amide bonds. The Hall–Kier alpha value is -1.16. The van der Waals surface area contributed by atoms with Gasteiger partial charge in [-0.3, -0.25) is 9.78 Å². The first-order chi connectivity index (χ1) is 6.67. The topological polar surface area (TPSA) is 74.0 Å². The number of hydrogen-bond donors (Lipinski definition) is 1. The number of carbonyl (C=O) groups is 1. The summed E-state index contributed by atoms with van der Waals surface area (Å²) in [5, 5.41) is 17.3. The molecular weight excluding hydrogens is 295 g/mol. The molecule has 4 nitrogen and oxygen atoms in total. The Kier molecular flexibility index (Phi) is 3.83. The summed E-state index contributed by atoms with van der Waals surface area (Å²) >= 11 is 2.13. The molecule has 0 aliphatic carbocycles. The molecule has 0 spiro atoms. The number of aliphatic carboxylic acids is 1. The summed E-state index contributed by atoms with van der Waals surface area (Å²) in [6, 6.07) is 5.27. The Morgan fingerprint density at radius 3 is 2.86 bits per heavy atom. The Morgan fingerprint density at radius 2 is 2.36 bits per heavy atom. The number of aromatic nitrogens is 1. The molecule has 0 saturated carbocycles. The average molecular weight is 302 g/mol. The number of alkyl halides is 1. The fourth-order valence-corrected chi connectivity index (χ4v) is 1.43. The molecule has 0 bridgehead atoms. The highest BCUT2D eigenvalue weighted by Gasteiger charge is 2.08. The molecule has 5 heteroatoms. The van der Waals surface area contributed by atoms with Crippen LogP contribution in [-0.4, -0.2) is 16.1 Å². The highest BCUT2D eigenvalue weighted by atomic mass is 127. The fourth-order valence-electron chi connectivity index (χ4n) is 1.00. The minimum Gasteiger partial charge on any atom is -0.481 e. The molecule has 0 unspecified atom stereocenters. The Labute approximate surface area is 94.7 Å². The van der Waals surface area contributed by atoms with E-state index in [1.54, 1.807) is 12.1 Å². The van der Waals surface area contributed by atoms with Gasteiger partial charge < -0.3 is 5.11 Å². The molecule has 72 valence electrons. The smallest absolute Gasteiger partial charge is 0.309 e. The van der Waals surface area contributed by atoms with Crippen molar-refractivity contribution in [2.24, 2.45) is 0 Å². The second kappa shape index (κ2) is 4.91. The normalized spacial score (nSPS) is 9.43. The molecular formula is C9H7IN2O2. The van der Waals surface area contributed by atoms with E-state index in [-0.39, 0.29) is 6.42 Å². The van der Waals surface area contributed by atoms with Crippen LogP contribution in [0.15, 0.2) is 12.1 Å². The van der Waals surface area contributed by atoms with Crippen LogP contribution >= 0.6 is 22.6 Å². The number of nitriles is 1. The SMILES string of the molecule is N#Cc1ccc(CI)nc1CC(=O)O. The molecule has 0 aliphatic heterocycles. The molecule has 1 heterocycles. The van der Waals surface area contributed by atoms with Gasteiger partial charge in [-0.15, -0.1) is 0 Å². The van der Waals surface area contributed by atoms with Crippen LogP contribution in [0.3, 0.4) is 0 Å². The average Bonchev–Trinajstić information content (AvgIpc) is 2.16. The van der Waals surface area contributed by atoms with E-state index < -0.39 is 5.97 Å². The number of halogens is 1. The summed E-state index contributed by atoms with van der Waals surface area (Å²) in [5.41, 5.74) is 1.47. The molecule has 0 saturated heterocycles. The van der Waals surface area contributed by atoms with Crippen LogP contribution in [0.25, 0.3) is 0 Å². The van der Waals surface area contributed by atoms with Gasteiger partial charge in [0, 0.05) is 4.43 Å². The first-order valence-corrected chi connectivity index (χ1v) is 5.36. The largest absolute Gasteiger partial charge is 0.481 e. The Balaban J connectivity index is 3.09. The van der Waals surface area contributed by atoms with E-state index in [1.165, 1.54) is 0 Å². The van der Waals surface area contributed by atoms with Crippen LogP contribution in [0.2, 0.25) is 0 Å². The second-order valence-corrected chi connectivity index (χ2v) is 3.38. The summed E-state index contributed by atoms with van der Waals surface area (Å²) in [7, 11) is 0. The lowest BCUT2D eigenvalue weighted by Gasteiger charge is -2.01. The maximum atomic E-state index is 10.5. The first-order valence-electron chi connectivity index (χ1n) is 3.84. The summed E-state index contributed by atoms with van der Waals surface area (Å²) in [5.74, 6) is -0.973. The third kappa shape index (κ3) is 2.67. The molecule has 0 atom stereocenters. The van der Waals surface area contributed by atoms with Crippen LogP contribution in [0.4, 0.5) is 0 Å². The summed E-state index contributed by atoms with van der Waals surface area (Å²) in [4.78, 5) is 14.6. The number of nitrogens with zero attached hydrogens (tertiary/aromatic N) is 2. The van der Waals surface area contributed by atoms with Crippen molar-refractivity contribution in [3.05, 3.63) is 29.1 Å². The van der Waals surface area contributed by atoms with E-state index in [0.717, 1.165) is 5.69 Å². The number of carboxylic acids is 1. The van der Waals surface area contributed by atoms with Crippen LogP contribution in [-0.2, 0) is 15.6 Å². The molecule has 0 fully saturated rings. The molecule has 1 aromatic rings. The van der Waals surface area contributed by atoms with Gasteiger partial charge in [0.1, 0.15) is 6.07 Å². The van der Waals surface area contributed by atoms with Crippen LogP contribution in [0, 0.1) is 11.3 Å². The zero-order chi connectivity index (χ0) is 10.6. The van der Waals surface area contributed by atoms with Crippen LogP contribution in [0.1, 0.15) is 17.0 Å². The van der Waals surface area contributed by atoms with Crippen LogP contribution < -0.4 is 0 Å². The highest BCUT2D eigenvalue weighted by Crippen LogP contribution is 2.10. The van der Waals surface area contributed by atoms with Crippen molar-refractivity contribution < 1.29 is 9.90 Å². The van der Waals surface area contributed by atoms with E-state index in [0.29, 0.717) is 15.7 Å². The van der Waals surface area contributed by atoms with E-state index in [1.807, 2.05) is 6.07 Å². The summed E-state index contributed by atoms with van der Waals surface area (Å²) in [6.07, 6.45) is -0.201. The van der Waals surface area contributed by atoms with Crippen molar-refractivity contribution in [2.75, 3.05) is 0 Å². The number of rotatable bonds is 3. The van der Waals surface area contributed by atoms with Crippen molar-refractivity contribution in [2.45, 2.75) is 10.8 Å². The molecule has 1 rings (SSSR count). The van der Waals surface area contributed by atoms with Crippen molar-refractivity contribution in [3.63, 3.8) is 0 Å². The zero-order valence-corrected chi connectivity index (χ0v) is 9.35. The van der Waals surface area contributed by atoms with Crippen molar-refractivity contribution in [1.82, 2.24) is 4.98 Å². The molecule has 0 radical (unpaired) electrons. The molecule has 1 N–H and O–H groups in total. The maximum Gasteiger partial charge on any atom is 0.309 e. The van der Waals surface area contributed by atoms with Gasteiger partial charge in [-0.2, -0.15) is 5.26 Å². The third-order valence-corrected chi connectivity index (χ3v) is 2.39. The van der Waals surface area contributed by atoms with E-state index in [4.69, 9.17) is 10.4 Å². The number of carboxylic acid groups (broad SMARTS) is 1. The molecule has 14 heavy (non-hydrogen) atoms. The van der Waals surface area contributed by atoms with Gasteiger partial charge in [-0.25, -0.2) is 0 Å². The third-order valence-electron chi connectivity index (χ3n) is 1.61. The van der Waals surface area contributed by atoms with Crippen molar-refractivity contribution in [3.8, 4) is 6.07 Å². The minimum absolute atomic E-state index is 0.201. The Morgan fingerprint density at radius 1 is 1.64 bits per heavy atom. The van der Waals surface area contributed by atoms with Gasteiger partial charge in [0.2, 0.25) is 0 Å². The van der Waals surface area contributed by atoms with Gasteiger partial charge in [-0.05, 0) is 12.1 Å². The zero-order valence-electron chi connectivity index (χ0n) is 7.20. The molecule has 0 aromatic carbocycles. The predicted molar refractivity (Wildman–Crippen MR) is 58.0 cm³/mol. The summed E-state index contributed by atoms with van der Waals surface area (Å²) in [6.45, 7) is 0. The van der Waals surface area contributed by atoms with E-state index in [2.05, 4.69) is 27.6 Å². The molecule has 0 aliphatic rings.